The maximum atomic E-state index is 12.4. The van der Waals surface area contributed by atoms with E-state index in [0.29, 0.717) is 10.8 Å². The van der Waals surface area contributed by atoms with E-state index in [1.54, 1.807) is 11.8 Å². The summed E-state index contributed by atoms with van der Waals surface area (Å²) in [6.45, 7) is -0.902. The minimum Gasteiger partial charge on any atom is -0.454 e. The van der Waals surface area contributed by atoms with E-state index < -0.39 is 41.0 Å². The van der Waals surface area contributed by atoms with Crippen LogP contribution >= 0.6 is 11.8 Å². The van der Waals surface area contributed by atoms with Gasteiger partial charge < -0.3 is 10.1 Å². The molecule has 30 heavy (non-hydrogen) atoms. The van der Waals surface area contributed by atoms with Crippen LogP contribution in [0.25, 0.3) is 0 Å². The number of nitrogens with one attached hydrogen (secondary N) is 1. The van der Waals surface area contributed by atoms with Crippen LogP contribution in [0.1, 0.15) is 16.8 Å². The first kappa shape index (κ1) is 21.8. The Morgan fingerprint density at radius 2 is 1.73 bits per heavy atom. The molecule has 1 aliphatic heterocycles. The summed E-state index contributed by atoms with van der Waals surface area (Å²) in [7, 11) is -4.09. The Morgan fingerprint density at radius 1 is 1.03 bits per heavy atom. The number of nitrogens with zero attached hydrogens (tertiary/aromatic N) is 1. The topological polar surface area (TPSA) is 110 Å². The molecule has 0 spiro atoms. The van der Waals surface area contributed by atoms with Gasteiger partial charge in [-0.05, 0) is 36.4 Å². The molecule has 3 rings (SSSR count). The lowest BCUT2D eigenvalue weighted by Gasteiger charge is -2.14. The fourth-order valence-electron chi connectivity index (χ4n) is 2.75. The highest BCUT2D eigenvalue weighted by molar-refractivity contribution is 7.99. The molecular formula is C20H20N2O6S2. The first-order chi connectivity index (χ1) is 14.4. The van der Waals surface area contributed by atoms with E-state index in [9.17, 15) is 22.8 Å². The molecule has 0 aromatic heterocycles. The van der Waals surface area contributed by atoms with Gasteiger partial charge in [0.2, 0.25) is 0 Å². The van der Waals surface area contributed by atoms with Crippen LogP contribution in [0.5, 0.6) is 0 Å². The zero-order chi connectivity index (χ0) is 21.6. The van der Waals surface area contributed by atoms with Crippen LogP contribution in [0.15, 0.2) is 64.4 Å². The summed E-state index contributed by atoms with van der Waals surface area (Å²) in [5.74, 6) is -1.44. The molecule has 158 valence electrons. The Morgan fingerprint density at radius 3 is 2.47 bits per heavy atom. The van der Waals surface area contributed by atoms with E-state index in [2.05, 4.69) is 5.32 Å². The number of rotatable bonds is 9. The van der Waals surface area contributed by atoms with Gasteiger partial charge >= 0.3 is 5.97 Å². The number of carbonyl (C=O) groups excluding carboxylic acids is 3. The van der Waals surface area contributed by atoms with Crippen molar-refractivity contribution in [2.24, 2.45) is 0 Å². The van der Waals surface area contributed by atoms with Crippen molar-refractivity contribution >= 4 is 39.6 Å². The normalized spacial score (nSPS) is 14.3. The van der Waals surface area contributed by atoms with Crippen LogP contribution in [-0.4, -0.2) is 56.0 Å². The van der Waals surface area contributed by atoms with Gasteiger partial charge in [-0.3, -0.25) is 14.4 Å². The summed E-state index contributed by atoms with van der Waals surface area (Å²) in [5, 5.41) is 2.63. The van der Waals surface area contributed by atoms with E-state index in [1.807, 2.05) is 30.3 Å². The molecule has 0 fully saturated rings. The highest BCUT2D eigenvalue weighted by atomic mass is 32.2. The molecular weight excluding hydrogens is 428 g/mol. The van der Waals surface area contributed by atoms with Crippen molar-refractivity contribution in [1.29, 1.82) is 0 Å². The van der Waals surface area contributed by atoms with Gasteiger partial charge in [0.1, 0.15) is 11.4 Å². The van der Waals surface area contributed by atoms with Crippen LogP contribution in [-0.2, 0) is 24.3 Å². The molecule has 0 unspecified atom stereocenters. The summed E-state index contributed by atoms with van der Waals surface area (Å²) < 4.78 is 30.1. The number of carbonyl (C=O) groups is 3. The summed E-state index contributed by atoms with van der Waals surface area (Å²) in [6.07, 6.45) is 0.734. The molecule has 0 saturated carbocycles. The zero-order valence-corrected chi connectivity index (χ0v) is 17.6. The number of hydrogen-bond donors (Lipinski definition) is 1. The third-order valence-electron chi connectivity index (χ3n) is 4.20. The highest BCUT2D eigenvalue weighted by Crippen LogP contribution is 2.29. The lowest BCUT2D eigenvalue weighted by atomic mass is 10.2. The van der Waals surface area contributed by atoms with Gasteiger partial charge in [-0.1, -0.05) is 30.3 Å². The number of benzene rings is 2. The molecule has 10 heteroatoms. The maximum Gasteiger partial charge on any atom is 0.327 e. The third-order valence-corrected chi connectivity index (χ3v) is 7.09. The lowest BCUT2D eigenvalue weighted by molar-refractivity contribution is -0.148. The van der Waals surface area contributed by atoms with Crippen LogP contribution in [0.3, 0.4) is 0 Å². The smallest absolute Gasteiger partial charge is 0.327 e. The van der Waals surface area contributed by atoms with Gasteiger partial charge in [0.05, 0.1) is 5.56 Å². The first-order valence-corrected chi connectivity index (χ1v) is 11.6. The van der Waals surface area contributed by atoms with Crippen molar-refractivity contribution in [3.63, 3.8) is 0 Å². The molecule has 0 radical (unpaired) electrons. The zero-order valence-electron chi connectivity index (χ0n) is 15.9. The van der Waals surface area contributed by atoms with E-state index in [0.717, 1.165) is 17.1 Å². The standard InChI is InChI=1S/C20H20N2O6S2/c23-18(21-11-6-12-29-15-7-2-1-3-8-15)14-28-19(24)13-22-20(25)16-9-4-5-10-17(16)30(22,26)27/h1-5,7-10H,6,11-14H2,(H,21,23). The minimum absolute atomic E-state index is 0.0106. The summed E-state index contributed by atoms with van der Waals surface area (Å²) >= 11 is 1.67. The fraction of sp³-hybridized carbons (Fsp3) is 0.250. The number of sulfonamides is 1. The monoisotopic (exact) mass is 448 g/mol. The van der Waals surface area contributed by atoms with E-state index in [-0.39, 0.29) is 10.5 Å². The first-order valence-electron chi connectivity index (χ1n) is 9.16. The number of esters is 1. The lowest BCUT2D eigenvalue weighted by Crippen LogP contribution is -2.37. The maximum absolute atomic E-state index is 12.4. The minimum atomic E-state index is -4.09. The molecule has 2 aromatic rings. The van der Waals surface area contributed by atoms with Crippen molar-refractivity contribution < 1.29 is 27.5 Å². The van der Waals surface area contributed by atoms with Crippen molar-refractivity contribution in [2.45, 2.75) is 16.2 Å². The van der Waals surface area contributed by atoms with Crippen molar-refractivity contribution in [3.05, 3.63) is 60.2 Å². The summed E-state index contributed by atoms with van der Waals surface area (Å²) in [5.41, 5.74) is 0.0106. The van der Waals surface area contributed by atoms with Gasteiger partial charge in [-0.2, -0.15) is 0 Å². The van der Waals surface area contributed by atoms with Crippen LogP contribution < -0.4 is 5.32 Å². The second-order valence-corrected chi connectivity index (χ2v) is 9.34. The predicted octanol–water partition coefficient (Wildman–Crippen LogP) is 1.67. The SMILES string of the molecule is O=C(COC(=O)CN1C(=O)c2ccccc2S1(=O)=O)NCCCSc1ccccc1. The van der Waals surface area contributed by atoms with Crippen LogP contribution in [0.4, 0.5) is 0 Å². The predicted molar refractivity (Wildman–Crippen MR) is 110 cm³/mol. The quantitative estimate of drug-likeness (QED) is 0.353. The number of ether oxygens (including phenoxy) is 1. The summed E-state index contributed by atoms with van der Waals surface area (Å²) in [6, 6.07) is 15.6. The number of amides is 2. The molecule has 0 aliphatic carbocycles. The Bertz CT molecular complexity index is 1040. The van der Waals surface area contributed by atoms with Gasteiger partial charge in [0.25, 0.3) is 21.8 Å². The number of thioether (sulfide) groups is 1. The Kier molecular flexibility index (Phi) is 7.11. The molecule has 1 heterocycles. The van der Waals surface area contributed by atoms with E-state index in [4.69, 9.17) is 4.74 Å². The Balaban J connectivity index is 1.37. The third kappa shape index (κ3) is 5.19. The second-order valence-electron chi connectivity index (χ2n) is 6.34. The molecule has 8 nitrogen and oxygen atoms in total. The van der Waals surface area contributed by atoms with Crippen LogP contribution in [0, 0.1) is 0 Å². The summed E-state index contributed by atoms with van der Waals surface area (Å²) in [4.78, 5) is 37.0. The van der Waals surface area contributed by atoms with E-state index in [1.165, 1.54) is 24.3 Å². The van der Waals surface area contributed by atoms with Crippen LogP contribution in [0.2, 0.25) is 0 Å². The molecule has 1 aliphatic rings. The van der Waals surface area contributed by atoms with Crippen molar-refractivity contribution in [2.75, 3.05) is 25.4 Å². The van der Waals surface area contributed by atoms with Gasteiger partial charge in [0.15, 0.2) is 6.61 Å². The highest BCUT2D eigenvalue weighted by Gasteiger charge is 2.42. The average molecular weight is 449 g/mol. The van der Waals surface area contributed by atoms with Gasteiger partial charge in [-0.25, -0.2) is 12.7 Å². The van der Waals surface area contributed by atoms with Gasteiger partial charge in [0, 0.05) is 11.4 Å². The molecule has 0 saturated heterocycles. The molecule has 2 amide bonds. The number of hydrogen-bond acceptors (Lipinski definition) is 7. The van der Waals surface area contributed by atoms with Gasteiger partial charge in [-0.15, -0.1) is 11.8 Å². The Hall–Kier alpha value is -2.85. The molecule has 0 atom stereocenters. The average Bonchev–Trinajstić information content (AvgIpc) is 2.94. The van der Waals surface area contributed by atoms with Crippen molar-refractivity contribution in [3.8, 4) is 0 Å². The molecule has 2 aromatic carbocycles. The number of fused-ring (bicyclic) bond motifs is 1. The Labute approximate surface area is 178 Å². The largest absolute Gasteiger partial charge is 0.454 e. The molecule has 0 bridgehead atoms. The fourth-order valence-corrected chi connectivity index (χ4v) is 5.14. The molecule has 1 N–H and O–H groups in total. The van der Waals surface area contributed by atoms with Crippen molar-refractivity contribution in [1.82, 2.24) is 9.62 Å². The van der Waals surface area contributed by atoms with E-state index >= 15 is 0 Å². The second kappa shape index (κ2) is 9.77.